The van der Waals surface area contributed by atoms with Gasteiger partial charge in [-0.05, 0) is 0 Å². The van der Waals surface area contributed by atoms with Crippen LogP contribution in [0.3, 0.4) is 0 Å². The fourth-order valence-electron chi connectivity index (χ4n) is 0.0552. The first kappa shape index (κ1) is 11.3. The third kappa shape index (κ3) is 4.63. The molecule has 1 N–H and O–H groups in total. The van der Waals surface area contributed by atoms with Gasteiger partial charge in [0, 0.05) is 0 Å². The minimum absolute atomic E-state index is 0. The number of hydrogen-bond acceptors (Lipinski definition) is 2. The molecule has 0 bridgehead atoms. The minimum atomic E-state index is -1.09. The van der Waals surface area contributed by atoms with E-state index in [0.717, 1.165) is 0 Å². The first-order valence-corrected chi connectivity index (χ1v) is 2.57. The normalized spacial score (nSPS) is 10.5. The molecular formula is C3H4NNaO2Se. The summed E-state index contributed by atoms with van der Waals surface area (Å²) in [4.78, 5) is 8.75. The monoisotopic (exact) mass is 189 g/mol. The van der Waals surface area contributed by atoms with Gasteiger partial charge in [-0.25, -0.2) is 0 Å². The molecule has 0 heterocycles. The molecule has 8 heavy (non-hydrogen) atoms. The molecule has 0 rings (SSSR count). The molecule has 0 aliphatic heterocycles. The second kappa shape index (κ2) is 5.61. The van der Waals surface area contributed by atoms with Crippen LogP contribution in [-0.4, -0.2) is 27.1 Å². The molecule has 0 saturated carbocycles. The standard InChI is InChI=1S/C3H3NO2Se.Na.H/c4-1-2(7)3(5)6;;/h2,7H,(H,5,6);;/q;+1;-1. The first-order chi connectivity index (χ1) is 3.18. The molecule has 0 radical (unpaired) electrons. The van der Waals surface area contributed by atoms with E-state index in [4.69, 9.17) is 10.4 Å². The van der Waals surface area contributed by atoms with E-state index in [1.54, 1.807) is 16.0 Å². The molecule has 40 valence electrons. The zero-order valence-corrected chi connectivity index (χ0v) is 8.20. The zero-order valence-electron chi connectivity index (χ0n) is 5.33. The van der Waals surface area contributed by atoms with Gasteiger partial charge in [0.1, 0.15) is 0 Å². The maximum atomic E-state index is 9.69. The van der Waals surface area contributed by atoms with Crippen molar-refractivity contribution in [3.63, 3.8) is 0 Å². The predicted molar refractivity (Wildman–Crippen MR) is 25.3 cm³/mol. The van der Waals surface area contributed by atoms with Gasteiger partial charge in [0.25, 0.3) is 0 Å². The second-order valence-corrected chi connectivity index (χ2v) is 1.95. The van der Waals surface area contributed by atoms with Gasteiger partial charge >= 0.3 is 77.6 Å². The van der Waals surface area contributed by atoms with E-state index < -0.39 is 10.8 Å². The first-order valence-electron chi connectivity index (χ1n) is 1.49. The molecule has 0 fully saturated rings. The zero-order chi connectivity index (χ0) is 5.86. The molecule has 0 spiro atoms. The molecule has 0 aromatic rings. The fraction of sp³-hybridized carbons (Fsp3) is 0.333. The van der Waals surface area contributed by atoms with Crippen molar-refractivity contribution in [3.05, 3.63) is 0 Å². The van der Waals surface area contributed by atoms with Gasteiger partial charge in [0.05, 0.1) is 0 Å². The summed E-state index contributed by atoms with van der Waals surface area (Å²) < 4.78 is 0. The van der Waals surface area contributed by atoms with Gasteiger partial charge in [-0.3, -0.25) is 0 Å². The number of aliphatic carboxylic acids is 1. The Kier molecular flexibility index (Phi) is 7.93. The Morgan fingerprint density at radius 1 is 2.00 bits per heavy atom. The molecule has 1 unspecified atom stereocenters. The van der Waals surface area contributed by atoms with Gasteiger partial charge in [-0.15, -0.1) is 0 Å². The molecule has 5 heteroatoms. The van der Waals surface area contributed by atoms with Crippen LogP contribution in [-0.2, 0) is 4.79 Å². The van der Waals surface area contributed by atoms with Crippen molar-refractivity contribution in [3.8, 4) is 6.07 Å². The van der Waals surface area contributed by atoms with Crippen molar-refractivity contribution >= 4 is 22.0 Å². The Morgan fingerprint density at radius 2 is 2.38 bits per heavy atom. The molecule has 0 aromatic heterocycles. The summed E-state index contributed by atoms with van der Waals surface area (Å²) in [6, 6.07) is 1.54. The number of hydrogen-bond donors (Lipinski definition) is 1. The average molecular weight is 188 g/mol. The van der Waals surface area contributed by atoms with Crippen LogP contribution in [0.5, 0.6) is 0 Å². The second-order valence-electron chi connectivity index (χ2n) is 0.870. The topological polar surface area (TPSA) is 61.1 Å². The van der Waals surface area contributed by atoms with Crippen LogP contribution in [0.4, 0.5) is 0 Å². The molecule has 1 atom stereocenters. The third-order valence-corrected chi connectivity index (χ3v) is 1.06. The number of carbonyl (C=O) groups is 1. The van der Waals surface area contributed by atoms with Crippen LogP contribution in [0.1, 0.15) is 1.43 Å². The van der Waals surface area contributed by atoms with Crippen molar-refractivity contribution in [2.24, 2.45) is 0 Å². The van der Waals surface area contributed by atoms with Gasteiger partial charge < -0.3 is 1.43 Å². The Balaban J connectivity index is -0.000000180. The maximum absolute atomic E-state index is 9.69. The molecule has 3 nitrogen and oxygen atoms in total. The van der Waals surface area contributed by atoms with Crippen molar-refractivity contribution in [1.29, 1.82) is 5.26 Å². The minimum Gasteiger partial charge on any atom is -1.00 e. The van der Waals surface area contributed by atoms with Crippen LogP contribution < -0.4 is 29.6 Å². The van der Waals surface area contributed by atoms with Crippen LogP contribution in [0.15, 0.2) is 0 Å². The molecule has 0 aliphatic rings. The van der Waals surface area contributed by atoms with Crippen LogP contribution in [0, 0.1) is 11.3 Å². The van der Waals surface area contributed by atoms with E-state index in [-0.39, 0.29) is 31.0 Å². The summed E-state index contributed by atoms with van der Waals surface area (Å²) in [5.74, 6) is -1.09. The smallest absolute Gasteiger partial charge is 1.00 e. The van der Waals surface area contributed by atoms with E-state index in [9.17, 15) is 4.79 Å². The number of rotatable bonds is 1. The Bertz CT molecular complexity index is 125. The van der Waals surface area contributed by atoms with Gasteiger partial charge in [0.15, 0.2) is 0 Å². The summed E-state index contributed by atoms with van der Waals surface area (Å²) >= 11 is 1.75. The molecule has 0 aromatic carbocycles. The molecule has 0 amide bonds. The van der Waals surface area contributed by atoms with E-state index in [0.29, 0.717) is 0 Å². The average Bonchev–Trinajstić information content (AvgIpc) is 1.65. The van der Waals surface area contributed by atoms with Crippen molar-refractivity contribution in [2.75, 3.05) is 0 Å². The largest absolute Gasteiger partial charge is 1.00 e. The van der Waals surface area contributed by atoms with Crippen molar-refractivity contribution < 1.29 is 40.9 Å². The van der Waals surface area contributed by atoms with E-state index >= 15 is 0 Å². The predicted octanol–water partition coefficient (Wildman–Crippen LogP) is -3.60. The van der Waals surface area contributed by atoms with Crippen molar-refractivity contribution in [1.82, 2.24) is 0 Å². The summed E-state index contributed by atoms with van der Waals surface area (Å²) in [7, 11) is 0. The Hall–Kier alpha value is 0.479. The van der Waals surface area contributed by atoms with Gasteiger partial charge in [0.2, 0.25) is 0 Å². The summed E-state index contributed by atoms with van der Waals surface area (Å²) in [5, 5.41) is 15.8. The van der Waals surface area contributed by atoms with Gasteiger partial charge in [-0.2, -0.15) is 0 Å². The van der Waals surface area contributed by atoms with Crippen molar-refractivity contribution in [2.45, 2.75) is 4.82 Å². The Morgan fingerprint density at radius 3 is 2.38 bits per heavy atom. The van der Waals surface area contributed by atoms with Crippen LogP contribution >= 0.6 is 0 Å². The van der Waals surface area contributed by atoms with Crippen LogP contribution in [0.2, 0.25) is 4.82 Å². The number of carboxylic acid groups (broad SMARTS) is 1. The summed E-state index contributed by atoms with van der Waals surface area (Å²) in [6.07, 6.45) is 0. The Labute approximate surface area is 78.7 Å². The molecule has 0 aliphatic carbocycles. The maximum Gasteiger partial charge on any atom is 1.00 e. The third-order valence-electron chi connectivity index (χ3n) is 0.356. The quantitative estimate of drug-likeness (QED) is 0.432. The van der Waals surface area contributed by atoms with E-state index in [1.165, 1.54) is 6.07 Å². The summed E-state index contributed by atoms with van der Waals surface area (Å²) in [6.45, 7) is 0. The van der Waals surface area contributed by atoms with E-state index in [2.05, 4.69) is 0 Å². The van der Waals surface area contributed by atoms with Gasteiger partial charge in [-0.1, -0.05) is 0 Å². The fourth-order valence-corrected chi connectivity index (χ4v) is 0.0552. The van der Waals surface area contributed by atoms with Crippen LogP contribution in [0.25, 0.3) is 0 Å². The molecular weight excluding hydrogens is 184 g/mol. The number of nitriles is 1. The SMILES string of the molecule is N#CC([SeH])C(=O)O.[H-].[Na+]. The van der Waals surface area contributed by atoms with E-state index in [1.807, 2.05) is 0 Å². The number of carboxylic acids is 1. The summed E-state index contributed by atoms with van der Waals surface area (Å²) in [5.41, 5.74) is 0. The number of nitrogens with zero attached hydrogens (tertiary/aromatic N) is 1. The molecule has 0 saturated heterocycles.